The van der Waals surface area contributed by atoms with Gasteiger partial charge >= 0.3 is 11.8 Å². The highest BCUT2D eigenvalue weighted by Crippen LogP contribution is 2.33. The monoisotopic (exact) mass is 421 g/mol. The average molecular weight is 422 g/mol. The summed E-state index contributed by atoms with van der Waals surface area (Å²) in [5.41, 5.74) is 3.96. The molecule has 2 atom stereocenters. The Morgan fingerprint density at radius 2 is 1.97 bits per heavy atom. The maximum absolute atomic E-state index is 12.7. The molecule has 0 aliphatic carbocycles. The van der Waals surface area contributed by atoms with Crippen molar-refractivity contribution in [1.82, 2.24) is 14.8 Å². The van der Waals surface area contributed by atoms with Crippen LogP contribution in [-0.2, 0) is 13.5 Å². The van der Waals surface area contributed by atoms with Crippen molar-refractivity contribution >= 4 is 17.1 Å². The maximum atomic E-state index is 12.7. The summed E-state index contributed by atoms with van der Waals surface area (Å²) in [5, 5.41) is 3.09. The van der Waals surface area contributed by atoms with Gasteiger partial charge < -0.3 is 14.6 Å². The smallest absolute Gasteiger partial charge is 0.408 e. The van der Waals surface area contributed by atoms with Gasteiger partial charge in [0, 0.05) is 26.2 Å². The fourth-order valence-electron chi connectivity index (χ4n) is 4.58. The number of carbonyl (C=O) groups is 1. The molecule has 1 fully saturated rings. The van der Waals surface area contributed by atoms with Crippen LogP contribution < -0.4 is 11.1 Å². The number of carbonyl (C=O) groups excluding carboxylic acids is 1. The number of oxazole rings is 1. The molecule has 6 nitrogen and oxygen atoms in total. The molecule has 1 aromatic heterocycles. The van der Waals surface area contributed by atoms with Crippen LogP contribution in [0.4, 0.5) is 4.79 Å². The summed E-state index contributed by atoms with van der Waals surface area (Å²) >= 11 is 0. The highest BCUT2D eigenvalue weighted by atomic mass is 16.4. The predicted molar refractivity (Wildman–Crippen MR) is 122 cm³/mol. The van der Waals surface area contributed by atoms with Crippen molar-refractivity contribution < 1.29 is 9.21 Å². The molecule has 2 amide bonds. The van der Waals surface area contributed by atoms with Gasteiger partial charge in [0.15, 0.2) is 5.58 Å². The van der Waals surface area contributed by atoms with Gasteiger partial charge in [-0.25, -0.2) is 9.59 Å². The van der Waals surface area contributed by atoms with Crippen LogP contribution in [0.15, 0.2) is 57.7 Å². The van der Waals surface area contributed by atoms with E-state index in [-0.39, 0.29) is 17.8 Å². The van der Waals surface area contributed by atoms with Crippen LogP contribution in [0.2, 0.25) is 0 Å². The van der Waals surface area contributed by atoms with E-state index < -0.39 is 0 Å². The highest BCUT2D eigenvalue weighted by molar-refractivity contribution is 5.75. The van der Waals surface area contributed by atoms with E-state index in [9.17, 15) is 9.59 Å². The third kappa shape index (κ3) is 4.84. The second kappa shape index (κ2) is 9.41. The number of hydrogen-bond donors (Lipinski definition) is 1. The van der Waals surface area contributed by atoms with Crippen LogP contribution in [0, 0.1) is 0 Å². The topological polar surface area (TPSA) is 67.5 Å². The summed E-state index contributed by atoms with van der Waals surface area (Å²) < 4.78 is 6.86. The zero-order valence-electron chi connectivity index (χ0n) is 18.3. The molecule has 0 bridgehead atoms. The number of unbranched alkanes of at least 4 members (excludes halogenated alkanes) is 1. The van der Waals surface area contributed by atoms with Crippen LogP contribution in [0.1, 0.15) is 49.7 Å². The molecule has 164 valence electrons. The molecule has 31 heavy (non-hydrogen) atoms. The van der Waals surface area contributed by atoms with Gasteiger partial charge in [-0.05, 0) is 68.2 Å². The quantitative estimate of drug-likeness (QED) is 0.599. The summed E-state index contributed by atoms with van der Waals surface area (Å²) in [6.45, 7) is 3.56. The highest BCUT2D eigenvalue weighted by Gasteiger charge is 2.29. The number of rotatable bonds is 6. The summed E-state index contributed by atoms with van der Waals surface area (Å²) in [6.07, 6.45) is 4.91. The molecule has 6 heteroatoms. The van der Waals surface area contributed by atoms with E-state index in [1.165, 1.54) is 15.7 Å². The summed E-state index contributed by atoms with van der Waals surface area (Å²) in [4.78, 5) is 26.4. The van der Waals surface area contributed by atoms with Crippen LogP contribution >= 0.6 is 0 Å². The van der Waals surface area contributed by atoms with Crippen molar-refractivity contribution in [2.24, 2.45) is 7.05 Å². The van der Waals surface area contributed by atoms with Crippen molar-refractivity contribution in [3.8, 4) is 0 Å². The van der Waals surface area contributed by atoms with E-state index in [1.54, 1.807) is 7.05 Å². The third-order valence-electron chi connectivity index (χ3n) is 6.44. The first-order chi connectivity index (χ1) is 15.0. The molecule has 1 saturated heterocycles. The first kappa shape index (κ1) is 21.2. The fourth-order valence-corrected chi connectivity index (χ4v) is 4.58. The van der Waals surface area contributed by atoms with Gasteiger partial charge in [0.2, 0.25) is 0 Å². The zero-order valence-corrected chi connectivity index (χ0v) is 18.3. The minimum atomic E-state index is -0.337. The lowest BCUT2D eigenvalue weighted by Crippen LogP contribution is -2.49. The molecule has 0 radical (unpaired) electrons. The molecular weight excluding hydrogens is 390 g/mol. The van der Waals surface area contributed by atoms with E-state index in [0.717, 1.165) is 44.2 Å². The van der Waals surface area contributed by atoms with E-state index in [4.69, 9.17) is 4.42 Å². The fraction of sp³-hybridized carbons (Fsp3) is 0.440. The Balaban J connectivity index is 1.26. The number of aromatic nitrogens is 1. The first-order valence-corrected chi connectivity index (χ1v) is 11.2. The number of likely N-dealkylation sites (tertiary alicyclic amines) is 1. The van der Waals surface area contributed by atoms with Crippen molar-refractivity contribution in [1.29, 1.82) is 0 Å². The second-order valence-corrected chi connectivity index (χ2v) is 8.59. The lowest BCUT2D eigenvalue weighted by Gasteiger charge is -2.37. The maximum Gasteiger partial charge on any atom is 0.419 e. The Kier molecular flexibility index (Phi) is 6.44. The molecule has 1 aliphatic heterocycles. The number of aryl methyl sites for hydroxylation is 2. The number of urea groups is 1. The summed E-state index contributed by atoms with van der Waals surface area (Å²) in [5.74, 6) is 0.0237. The molecule has 3 aromatic rings. The van der Waals surface area contributed by atoms with E-state index >= 15 is 0 Å². The van der Waals surface area contributed by atoms with Gasteiger partial charge in [-0.15, -0.1) is 0 Å². The molecular formula is C25H31N3O3. The van der Waals surface area contributed by atoms with Crippen LogP contribution in [-0.4, -0.2) is 34.6 Å². The molecule has 2 unspecified atom stereocenters. The van der Waals surface area contributed by atoms with Crippen LogP contribution in [0.3, 0.4) is 0 Å². The van der Waals surface area contributed by atoms with Gasteiger partial charge in [0.1, 0.15) is 0 Å². The van der Waals surface area contributed by atoms with Gasteiger partial charge in [0.25, 0.3) is 0 Å². The number of piperidine rings is 1. The molecule has 0 spiro atoms. The molecule has 2 aromatic carbocycles. The average Bonchev–Trinajstić information content (AvgIpc) is 3.07. The predicted octanol–water partition coefficient (Wildman–Crippen LogP) is 4.43. The lowest BCUT2D eigenvalue weighted by atomic mass is 9.86. The van der Waals surface area contributed by atoms with E-state index in [1.807, 2.05) is 23.1 Å². The largest absolute Gasteiger partial charge is 0.419 e. The normalized spacial score (nSPS) is 19.0. The van der Waals surface area contributed by atoms with E-state index in [0.29, 0.717) is 18.0 Å². The van der Waals surface area contributed by atoms with E-state index in [2.05, 4.69) is 42.6 Å². The van der Waals surface area contributed by atoms with Gasteiger partial charge in [-0.2, -0.15) is 0 Å². The number of hydrogen-bond acceptors (Lipinski definition) is 3. The number of amides is 2. The third-order valence-corrected chi connectivity index (χ3v) is 6.44. The van der Waals surface area contributed by atoms with Gasteiger partial charge in [-0.3, -0.25) is 4.57 Å². The Morgan fingerprint density at radius 3 is 2.74 bits per heavy atom. The standard InChI is InChI=1S/C25H31N3O3/c1-18-16-21(20-11-12-22-23(17-20)31-25(30)27(22)2)13-15-28(18)24(29)26-14-7-6-10-19-8-4-3-5-9-19/h3-5,8-9,11-12,17-18,21H,6-7,10,13-16H2,1-2H3,(H,26,29). The minimum absolute atomic E-state index is 0.0372. The van der Waals surface area contributed by atoms with Crippen molar-refractivity contribution in [3.05, 3.63) is 70.2 Å². The SMILES string of the molecule is CC1CC(c2ccc3c(c2)oc(=O)n3C)CCN1C(=O)NCCCCc1ccccc1. The summed E-state index contributed by atoms with van der Waals surface area (Å²) in [6, 6.07) is 16.7. The number of fused-ring (bicyclic) bond motifs is 1. The number of nitrogens with one attached hydrogen (secondary N) is 1. The van der Waals surface area contributed by atoms with Crippen LogP contribution in [0.25, 0.3) is 11.1 Å². The Hall–Kier alpha value is -3.02. The molecule has 1 N–H and O–H groups in total. The van der Waals surface area contributed by atoms with Crippen molar-refractivity contribution in [2.75, 3.05) is 13.1 Å². The Labute approximate surface area is 182 Å². The van der Waals surface area contributed by atoms with Gasteiger partial charge in [0.05, 0.1) is 5.52 Å². The number of nitrogens with zero attached hydrogens (tertiary/aromatic N) is 2. The van der Waals surface area contributed by atoms with Crippen LogP contribution in [0.5, 0.6) is 0 Å². The Bertz CT molecular complexity index is 1090. The lowest BCUT2D eigenvalue weighted by molar-refractivity contribution is 0.150. The molecule has 2 heterocycles. The molecule has 1 aliphatic rings. The second-order valence-electron chi connectivity index (χ2n) is 8.59. The first-order valence-electron chi connectivity index (χ1n) is 11.2. The van der Waals surface area contributed by atoms with Crippen molar-refractivity contribution in [2.45, 2.75) is 51.0 Å². The summed E-state index contributed by atoms with van der Waals surface area (Å²) in [7, 11) is 1.72. The van der Waals surface area contributed by atoms with Gasteiger partial charge in [-0.1, -0.05) is 36.4 Å². The zero-order chi connectivity index (χ0) is 21.8. The van der Waals surface area contributed by atoms with Crippen molar-refractivity contribution in [3.63, 3.8) is 0 Å². The minimum Gasteiger partial charge on any atom is -0.408 e. The number of benzene rings is 2. The Morgan fingerprint density at radius 1 is 1.16 bits per heavy atom. The molecule has 4 rings (SSSR count). The molecule has 0 saturated carbocycles.